The largest absolute Gasteiger partial charge is 0.494 e. The Morgan fingerprint density at radius 2 is 2.04 bits per heavy atom. The number of rotatable bonds is 3. The highest BCUT2D eigenvalue weighted by atomic mass is 35.5. The van der Waals surface area contributed by atoms with E-state index in [1.54, 1.807) is 25.3 Å². The molecule has 0 aliphatic heterocycles. The molecule has 0 saturated carbocycles. The van der Waals surface area contributed by atoms with Crippen LogP contribution in [0.15, 0.2) is 42.6 Å². The summed E-state index contributed by atoms with van der Waals surface area (Å²) in [5.41, 5.74) is 1.17. The number of benzene rings is 1. The minimum atomic E-state index is -0.413. The van der Waals surface area contributed by atoms with Crippen LogP contribution < -0.4 is 10.1 Å². The van der Waals surface area contributed by atoms with Crippen molar-refractivity contribution in [1.82, 2.24) is 9.97 Å². The summed E-state index contributed by atoms with van der Waals surface area (Å²) in [5.74, 6) is 0.184. The zero-order valence-corrected chi connectivity index (χ0v) is 13.5. The molecule has 2 heterocycles. The first-order valence-corrected chi connectivity index (χ1v) is 7.40. The molecule has 116 valence electrons. The third-order valence-corrected chi connectivity index (χ3v) is 3.70. The SMILES string of the molecule is COc1cccc2ccc(C(=O)Nc3cc(Cl)cnc3Cl)nc12. The lowest BCUT2D eigenvalue weighted by Gasteiger charge is -2.08. The quantitative estimate of drug-likeness (QED) is 0.721. The Morgan fingerprint density at radius 1 is 1.22 bits per heavy atom. The van der Waals surface area contributed by atoms with Crippen LogP contribution in [0.25, 0.3) is 10.9 Å². The molecular formula is C16H11Cl2N3O2. The molecule has 3 rings (SSSR count). The Morgan fingerprint density at radius 3 is 2.83 bits per heavy atom. The van der Waals surface area contributed by atoms with Crippen LogP contribution in [-0.4, -0.2) is 23.0 Å². The summed E-state index contributed by atoms with van der Waals surface area (Å²) in [5, 5.41) is 4.05. The van der Waals surface area contributed by atoms with Gasteiger partial charge in [0, 0.05) is 11.6 Å². The molecule has 0 spiro atoms. The summed E-state index contributed by atoms with van der Waals surface area (Å²) in [6, 6.07) is 10.5. The number of amides is 1. The van der Waals surface area contributed by atoms with Crippen molar-refractivity contribution < 1.29 is 9.53 Å². The lowest BCUT2D eigenvalue weighted by molar-refractivity contribution is 0.102. The highest BCUT2D eigenvalue weighted by molar-refractivity contribution is 6.34. The Balaban J connectivity index is 1.96. The maximum atomic E-state index is 12.4. The molecule has 0 atom stereocenters. The number of hydrogen-bond donors (Lipinski definition) is 1. The van der Waals surface area contributed by atoms with Crippen LogP contribution in [0.5, 0.6) is 5.75 Å². The van der Waals surface area contributed by atoms with Gasteiger partial charge in [-0.2, -0.15) is 0 Å². The summed E-state index contributed by atoms with van der Waals surface area (Å²) in [6.07, 6.45) is 1.40. The van der Waals surface area contributed by atoms with Gasteiger partial charge in [-0.05, 0) is 18.2 Å². The van der Waals surface area contributed by atoms with Gasteiger partial charge in [-0.1, -0.05) is 41.4 Å². The number of carbonyl (C=O) groups is 1. The van der Waals surface area contributed by atoms with E-state index < -0.39 is 5.91 Å². The first-order valence-electron chi connectivity index (χ1n) is 6.64. The summed E-state index contributed by atoms with van der Waals surface area (Å²) >= 11 is 11.8. The predicted octanol–water partition coefficient (Wildman–Crippen LogP) is 4.20. The number of nitrogens with one attached hydrogen (secondary N) is 1. The first-order chi connectivity index (χ1) is 11.1. The van der Waals surface area contributed by atoms with E-state index in [-0.39, 0.29) is 10.8 Å². The molecule has 7 heteroatoms. The number of ether oxygens (including phenoxy) is 1. The molecule has 1 aromatic carbocycles. The summed E-state index contributed by atoms with van der Waals surface area (Å²) in [6.45, 7) is 0. The second kappa shape index (κ2) is 6.40. The van der Waals surface area contributed by atoms with Gasteiger partial charge in [-0.3, -0.25) is 4.79 Å². The summed E-state index contributed by atoms with van der Waals surface area (Å²) < 4.78 is 5.27. The fourth-order valence-corrected chi connectivity index (χ4v) is 2.42. The Hall–Kier alpha value is -2.37. The number of hydrogen-bond acceptors (Lipinski definition) is 4. The second-order valence-electron chi connectivity index (χ2n) is 4.67. The topological polar surface area (TPSA) is 64.1 Å². The lowest BCUT2D eigenvalue weighted by atomic mass is 10.2. The van der Waals surface area contributed by atoms with Crippen molar-refractivity contribution in [3.05, 3.63) is 58.5 Å². The van der Waals surface area contributed by atoms with Crippen molar-refractivity contribution in [2.75, 3.05) is 12.4 Å². The van der Waals surface area contributed by atoms with Crippen molar-refractivity contribution in [3.63, 3.8) is 0 Å². The number of nitrogens with zero attached hydrogens (tertiary/aromatic N) is 2. The van der Waals surface area contributed by atoms with Gasteiger partial charge in [0.2, 0.25) is 0 Å². The van der Waals surface area contributed by atoms with Gasteiger partial charge in [0.1, 0.15) is 17.0 Å². The molecule has 0 aliphatic rings. The zero-order valence-electron chi connectivity index (χ0n) is 12.0. The van der Waals surface area contributed by atoms with E-state index in [1.807, 2.05) is 12.1 Å². The highest BCUT2D eigenvalue weighted by Gasteiger charge is 2.13. The second-order valence-corrected chi connectivity index (χ2v) is 5.47. The minimum Gasteiger partial charge on any atom is -0.494 e. The molecule has 1 amide bonds. The number of pyridine rings is 2. The van der Waals surface area contributed by atoms with E-state index in [1.165, 1.54) is 12.3 Å². The van der Waals surface area contributed by atoms with E-state index in [0.29, 0.717) is 22.0 Å². The Labute approximate surface area is 142 Å². The number of methoxy groups -OCH3 is 1. The van der Waals surface area contributed by atoms with Crippen LogP contribution in [-0.2, 0) is 0 Å². The molecule has 23 heavy (non-hydrogen) atoms. The van der Waals surface area contributed by atoms with E-state index in [0.717, 1.165) is 5.39 Å². The highest BCUT2D eigenvalue weighted by Crippen LogP contribution is 2.25. The lowest BCUT2D eigenvalue weighted by Crippen LogP contribution is -2.14. The number of carbonyl (C=O) groups excluding carboxylic acids is 1. The monoisotopic (exact) mass is 347 g/mol. The van der Waals surface area contributed by atoms with Crippen molar-refractivity contribution in [1.29, 1.82) is 0 Å². The molecule has 0 bridgehead atoms. The molecule has 0 radical (unpaired) electrons. The fourth-order valence-electron chi connectivity index (χ4n) is 2.11. The fraction of sp³-hybridized carbons (Fsp3) is 0.0625. The summed E-state index contributed by atoms with van der Waals surface area (Å²) in [4.78, 5) is 20.6. The van der Waals surface area contributed by atoms with E-state index in [9.17, 15) is 4.79 Å². The van der Waals surface area contributed by atoms with Crippen molar-refractivity contribution in [2.24, 2.45) is 0 Å². The third-order valence-electron chi connectivity index (χ3n) is 3.19. The predicted molar refractivity (Wildman–Crippen MR) is 90.5 cm³/mol. The van der Waals surface area contributed by atoms with Crippen molar-refractivity contribution in [2.45, 2.75) is 0 Å². The van der Waals surface area contributed by atoms with Crippen LogP contribution in [0.4, 0.5) is 5.69 Å². The van der Waals surface area contributed by atoms with Gasteiger partial charge in [0.25, 0.3) is 5.91 Å². The number of aromatic nitrogens is 2. The molecule has 0 aliphatic carbocycles. The van der Waals surface area contributed by atoms with Crippen LogP contribution in [0.3, 0.4) is 0 Å². The average Bonchev–Trinajstić information content (AvgIpc) is 2.57. The molecule has 1 N–H and O–H groups in total. The smallest absolute Gasteiger partial charge is 0.274 e. The maximum absolute atomic E-state index is 12.4. The van der Waals surface area contributed by atoms with Crippen molar-refractivity contribution in [3.8, 4) is 5.75 Å². The average molecular weight is 348 g/mol. The van der Waals surface area contributed by atoms with Crippen molar-refractivity contribution >= 4 is 45.7 Å². The Kier molecular flexibility index (Phi) is 4.32. The summed E-state index contributed by atoms with van der Waals surface area (Å²) in [7, 11) is 1.56. The van der Waals surface area contributed by atoms with Crippen LogP contribution in [0.2, 0.25) is 10.2 Å². The molecule has 0 unspecified atom stereocenters. The van der Waals surface area contributed by atoms with E-state index in [4.69, 9.17) is 27.9 Å². The minimum absolute atomic E-state index is 0.154. The maximum Gasteiger partial charge on any atom is 0.274 e. The van der Waals surface area contributed by atoms with Gasteiger partial charge in [-0.25, -0.2) is 9.97 Å². The first kappa shape index (κ1) is 15.5. The van der Waals surface area contributed by atoms with Crippen LogP contribution in [0.1, 0.15) is 10.5 Å². The van der Waals surface area contributed by atoms with Gasteiger partial charge in [0.15, 0.2) is 5.15 Å². The number of halogens is 2. The molecule has 0 fully saturated rings. The zero-order chi connectivity index (χ0) is 16.4. The third kappa shape index (κ3) is 3.21. The molecule has 3 aromatic rings. The Bertz CT molecular complexity index is 900. The standard InChI is InChI=1S/C16H11Cl2N3O2/c1-23-13-4-2-3-9-5-6-11(20-14(9)13)16(22)21-12-7-10(17)8-19-15(12)18/h2-8H,1H3,(H,21,22). The number of anilines is 1. The van der Waals surface area contributed by atoms with Gasteiger partial charge < -0.3 is 10.1 Å². The molecule has 0 saturated heterocycles. The van der Waals surface area contributed by atoms with E-state index >= 15 is 0 Å². The molecular weight excluding hydrogens is 337 g/mol. The van der Waals surface area contributed by atoms with E-state index in [2.05, 4.69) is 15.3 Å². The van der Waals surface area contributed by atoms with Crippen LogP contribution >= 0.6 is 23.2 Å². The van der Waals surface area contributed by atoms with Crippen LogP contribution in [0, 0.1) is 0 Å². The molecule has 5 nitrogen and oxygen atoms in total. The van der Waals surface area contributed by atoms with Gasteiger partial charge in [0.05, 0.1) is 17.8 Å². The van der Waals surface area contributed by atoms with Gasteiger partial charge in [-0.15, -0.1) is 0 Å². The number of fused-ring (bicyclic) bond motifs is 1. The normalized spacial score (nSPS) is 10.6. The van der Waals surface area contributed by atoms with Gasteiger partial charge >= 0.3 is 0 Å². The molecule has 2 aromatic heterocycles. The number of para-hydroxylation sites is 1.